The number of hydrogen-bond acceptors (Lipinski definition) is 10. The average molecular weight is 454 g/mol. The quantitative estimate of drug-likeness (QED) is 0.678. The van der Waals surface area contributed by atoms with Crippen molar-refractivity contribution in [3.63, 3.8) is 0 Å². The molecule has 4 rings (SSSR count). The zero-order chi connectivity index (χ0) is 21.1. The summed E-state index contributed by atoms with van der Waals surface area (Å²) in [5.74, 6) is 0.519. The van der Waals surface area contributed by atoms with Gasteiger partial charge in [0.1, 0.15) is 0 Å². The van der Waals surface area contributed by atoms with Crippen molar-refractivity contribution in [3.8, 4) is 0 Å². The summed E-state index contributed by atoms with van der Waals surface area (Å²) < 4.78 is 32.8. The maximum atomic E-state index is 12.9. The van der Waals surface area contributed by atoms with Crippen LogP contribution in [0.15, 0.2) is 22.7 Å². The van der Waals surface area contributed by atoms with Gasteiger partial charge in [-0.25, -0.2) is 13.4 Å². The molecule has 0 atom stereocenters. The molecule has 2 saturated heterocycles. The number of nitrogens with zero attached hydrogens (tertiary/aromatic N) is 6. The summed E-state index contributed by atoms with van der Waals surface area (Å²) >= 11 is 0.956. The molecule has 4 heterocycles. The Bertz CT molecular complexity index is 999. The van der Waals surface area contributed by atoms with Gasteiger partial charge in [-0.3, -0.25) is 4.79 Å². The van der Waals surface area contributed by atoms with E-state index in [1.54, 1.807) is 6.20 Å². The third kappa shape index (κ3) is 4.53. The van der Waals surface area contributed by atoms with Crippen LogP contribution in [0.25, 0.3) is 0 Å². The molecule has 0 aromatic carbocycles. The lowest BCUT2D eigenvalue weighted by Gasteiger charge is -2.35. The third-order valence-corrected chi connectivity index (χ3v) is 8.18. The van der Waals surface area contributed by atoms with Gasteiger partial charge in [-0.05, 0) is 0 Å². The second-order valence-electron chi connectivity index (χ2n) is 6.93. The number of sulfonamides is 1. The number of nitrogens with one attached hydrogen (secondary N) is 1. The molecule has 0 radical (unpaired) electrons. The zero-order valence-electron chi connectivity index (χ0n) is 16.5. The Morgan fingerprint density at radius 3 is 2.53 bits per heavy atom. The average Bonchev–Trinajstić information content (AvgIpc) is 3.23. The van der Waals surface area contributed by atoms with Crippen LogP contribution >= 0.6 is 11.3 Å². The van der Waals surface area contributed by atoms with E-state index in [0.29, 0.717) is 39.4 Å². The van der Waals surface area contributed by atoms with Crippen molar-refractivity contribution >= 4 is 43.9 Å². The van der Waals surface area contributed by atoms with E-state index in [0.717, 1.165) is 35.9 Å². The minimum atomic E-state index is -3.65. The maximum absolute atomic E-state index is 12.9. The Kier molecular flexibility index (Phi) is 6.13. The first-order chi connectivity index (χ1) is 14.4. The number of morpholine rings is 1. The van der Waals surface area contributed by atoms with Crippen LogP contribution in [0.2, 0.25) is 0 Å². The first kappa shape index (κ1) is 20.9. The van der Waals surface area contributed by atoms with E-state index >= 15 is 0 Å². The van der Waals surface area contributed by atoms with Crippen molar-refractivity contribution in [1.29, 1.82) is 0 Å². The Morgan fingerprint density at radius 2 is 1.83 bits per heavy atom. The number of carbonyl (C=O) groups excluding carboxylic acids is 1. The fourth-order valence-electron chi connectivity index (χ4n) is 3.37. The molecular weight excluding hydrogens is 430 g/mol. The predicted octanol–water partition coefficient (Wildman–Crippen LogP) is 0.239. The van der Waals surface area contributed by atoms with E-state index < -0.39 is 10.0 Å². The second kappa shape index (κ2) is 8.79. The normalized spacial score (nSPS) is 18.4. The van der Waals surface area contributed by atoms with Gasteiger partial charge in [0, 0.05) is 52.3 Å². The zero-order valence-corrected chi connectivity index (χ0v) is 18.2. The third-order valence-electron chi connectivity index (χ3n) is 4.93. The van der Waals surface area contributed by atoms with Gasteiger partial charge in [0.05, 0.1) is 31.3 Å². The van der Waals surface area contributed by atoms with Crippen LogP contribution in [0.1, 0.15) is 6.92 Å². The van der Waals surface area contributed by atoms with Crippen molar-refractivity contribution in [1.82, 2.24) is 19.5 Å². The van der Waals surface area contributed by atoms with Gasteiger partial charge in [-0.1, -0.05) is 11.3 Å². The molecule has 162 valence electrons. The minimum absolute atomic E-state index is 0.125. The van der Waals surface area contributed by atoms with Crippen LogP contribution in [0.3, 0.4) is 0 Å². The largest absolute Gasteiger partial charge is 0.378 e. The van der Waals surface area contributed by atoms with Crippen molar-refractivity contribution in [2.24, 2.45) is 0 Å². The molecule has 0 bridgehead atoms. The van der Waals surface area contributed by atoms with Crippen molar-refractivity contribution < 1.29 is 17.9 Å². The van der Waals surface area contributed by atoms with Crippen LogP contribution in [-0.2, 0) is 19.6 Å². The van der Waals surface area contributed by atoms with E-state index in [1.807, 2.05) is 6.07 Å². The summed E-state index contributed by atoms with van der Waals surface area (Å²) in [6, 6.07) is 1.99. The number of anilines is 3. The van der Waals surface area contributed by atoms with Gasteiger partial charge in [-0.2, -0.15) is 9.40 Å². The van der Waals surface area contributed by atoms with Crippen LogP contribution in [0.5, 0.6) is 0 Å². The van der Waals surface area contributed by atoms with E-state index in [1.165, 1.54) is 17.4 Å². The second-order valence-corrected chi connectivity index (χ2v) is 10.1. The molecule has 2 aromatic rings. The lowest BCUT2D eigenvalue weighted by molar-refractivity contribution is -0.114. The molecule has 1 N–H and O–H groups in total. The first-order valence-electron chi connectivity index (χ1n) is 9.57. The lowest BCUT2D eigenvalue weighted by Crippen LogP contribution is -2.48. The smallest absolute Gasteiger partial charge is 0.254 e. The molecule has 13 heteroatoms. The Balaban J connectivity index is 1.41. The topological polar surface area (TPSA) is 121 Å². The van der Waals surface area contributed by atoms with Crippen molar-refractivity contribution in [2.45, 2.75) is 11.1 Å². The molecule has 0 aliphatic carbocycles. The fraction of sp³-hybridized carbons (Fsp3) is 0.529. The van der Waals surface area contributed by atoms with Gasteiger partial charge >= 0.3 is 0 Å². The number of thiazole rings is 1. The Hall–Kier alpha value is -2.35. The molecule has 2 aliphatic rings. The van der Waals surface area contributed by atoms with Gasteiger partial charge in [0.2, 0.25) is 5.91 Å². The first-order valence-corrected chi connectivity index (χ1v) is 11.8. The molecule has 0 saturated carbocycles. The van der Waals surface area contributed by atoms with E-state index in [2.05, 4.69) is 30.3 Å². The maximum Gasteiger partial charge on any atom is 0.254 e. The predicted molar refractivity (Wildman–Crippen MR) is 112 cm³/mol. The number of rotatable bonds is 5. The number of hydrogen-bond donors (Lipinski definition) is 1. The van der Waals surface area contributed by atoms with Gasteiger partial charge in [0.25, 0.3) is 10.0 Å². The van der Waals surface area contributed by atoms with E-state index in [4.69, 9.17) is 4.74 Å². The molecule has 0 spiro atoms. The summed E-state index contributed by atoms with van der Waals surface area (Å²) in [5, 5.41) is 11.1. The number of carbonyl (C=O) groups is 1. The highest BCUT2D eigenvalue weighted by Crippen LogP contribution is 2.28. The van der Waals surface area contributed by atoms with Crippen LogP contribution in [0, 0.1) is 0 Å². The minimum Gasteiger partial charge on any atom is -0.378 e. The van der Waals surface area contributed by atoms with E-state index in [-0.39, 0.29) is 15.2 Å². The van der Waals surface area contributed by atoms with Crippen molar-refractivity contribution in [3.05, 3.63) is 18.5 Å². The van der Waals surface area contributed by atoms with E-state index in [9.17, 15) is 13.2 Å². The standard InChI is InChI=1S/C17H23N7O4S2/c1-13(25)20-17-18-12-16(29-17)30(26,27)24-4-2-22(3-5-24)14-10-15(21-19-11-14)23-6-8-28-9-7-23/h10-12H,2-9H2,1H3,(H,18,20,25). The van der Waals surface area contributed by atoms with Crippen LogP contribution in [-0.4, -0.2) is 86.3 Å². The lowest BCUT2D eigenvalue weighted by atomic mass is 10.3. The molecule has 2 aromatic heterocycles. The molecule has 1 amide bonds. The summed E-state index contributed by atoms with van der Waals surface area (Å²) in [6.45, 7) is 6.05. The summed E-state index contributed by atoms with van der Waals surface area (Å²) in [7, 11) is -3.65. The highest BCUT2D eigenvalue weighted by molar-refractivity contribution is 7.91. The number of piperazine rings is 1. The molecule has 11 nitrogen and oxygen atoms in total. The molecule has 2 fully saturated rings. The Morgan fingerprint density at radius 1 is 1.10 bits per heavy atom. The van der Waals surface area contributed by atoms with Crippen LogP contribution < -0.4 is 15.1 Å². The monoisotopic (exact) mass is 453 g/mol. The summed E-state index contributed by atoms with van der Waals surface area (Å²) in [5.41, 5.74) is 0.925. The summed E-state index contributed by atoms with van der Waals surface area (Å²) in [6.07, 6.45) is 3.00. The summed E-state index contributed by atoms with van der Waals surface area (Å²) in [4.78, 5) is 19.4. The van der Waals surface area contributed by atoms with Gasteiger partial charge in [0.15, 0.2) is 15.2 Å². The number of amides is 1. The molecule has 2 aliphatic heterocycles. The van der Waals surface area contributed by atoms with Crippen molar-refractivity contribution in [2.75, 3.05) is 67.6 Å². The molecule has 30 heavy (non-hydrogen) atoms. The van der Waals surface area contributed by atoms with Crippen LogP contribution in [0.4, 0.5) is 16.6 Å². The van der Waals surface area contributed by atoms with Gasteiger partial charge < -0.3 is 19.9 Å². The van der Waals surface area contributed by atoms with Gasteiger partial charge in [-0.15, -0.1) is 5.10 Å². The highest BCUT2D eigenvalue weighted by Gasteiger charge is 2.30. The highest BCUT2D eigenvalue weighted by atomic mass is 32.2. The molecular formula is C17H23N7O4S2. The Labute approximate surface area is 178 Å². The molecule has 0 unspecified atom stereocenters. The SMILES string of the molecule is CC(=O)Nc1ncc(S(=O)(=O)N2CCN(c3cnnc(N4CCOCC4)c3)CC2)s1. The number of aromatic nitrogens is 3. The number of ether oxygens (including phenoxy) is 1. The fourth-order valence-corrected chi connectivity index (χ4v) is 6.02.